The maximum Gasteiger partial charge on any atom is 0.274 e. The number of aromatic nitrogens is 4. The molecule has 0 saturated heterocycles. The second-order valence-corrected chi connectivity index (χ2v) is 10.8. The normalized spacial score (nSPS) is 25.8. The summed E-state index contributed by atoms with van der Waals surface area (Å²) in [6.45, 7) is 1.64. The number of ether oxygens (including phenoxy) is 1. The van der Waals surface area contributed by atoms with Crippen molar-refractivity contribution < 1.29 is 24.1 Å². The molecule has 0 spiro atoms. The molecule has 9 nitrogen and oxygen atoms in total. The van der Waals surface area contributed by atoms with Crippen molar-refractivity contribution >= 4 is 23.2 Å². The van der Waals surface area contributed by atoms with Crippen LogP contribution in [0.25, 0.3) is 0 Å². The Bertz CT molecular complexity index is 1310. The van der Waals surface area contributed by atoms with Crippen molar-refractivity contribution in [2.24, 2.45) is 25.9 Å². The fourth-order valence-electron chi connectivity index (χ4n) is 6.06. The van der Waals surface area contributed by atoms with Crippen LogP contribution in [0, 0.1) is 17.7 Å². The van der Waals surface area contributed by atoms with Crippen molar-refractivity contribution in [3.63, 3.8) is 0 Å². The van der Waals surface area contributed by atoms with Gasteiger partial charge in [0.05, 0.1) is 29.3 Å². The Labute approximate surface area is 219 Å². The minimum Gasteiger partial charge on any atom is -0.471 e. The molecule has 2 aromatic heterocycles. The molecule has 37 heavy (non-hydrogen) atoms. The molecule has 0 aliphatic heterocycles. The van der Waals surface area contributed by atoms with E-state index >= 15 is 0 Å². The van der Waals surface area contributed by atoms with E-state index in [2.05, 4.69) is 15.4 Å². The topological polar surface area (TPSA) is 114 Å². The lowest BCUT2D eigenvalue weighted by molar-refractivity contribution is 0.0263. The fourth-order valence-corrected chi connectivity index (χ4v) is 6.24. The molecule has 3 N–H and O–H groups in total. The van der Waals surface area contributed by atoms with E-state index < -0.39 is 11.4 Å². The predicted molar refractivity (Wildman–Crippen MR) is 135 cm³/mol. The zero-order chi connectivity index (χ0) is 26.5. The largest absolute Gasteiger partial charge is 0.471 e. The van der Waals surface area contributed by atoms with Crippen LogP contribution in [0.15, 0.2) is 30.6 Å². The van der Waals surface area contributed by atoms with Gasteiger partial charge in [0, 0.05) is 31.8 Å². The van der Waals surface area contributed by atoms with Crippen molar-refractivity contribution in [3.05, 3.63) is 58.5 Å². The number of hydrogen-bond donors (Lipinski definition) is 3. The monoisotopic (exact) mass is 531 g/mol. The van der Waals surface area contributed by atoms with Gasteiger partial charge in [0.15, 0.2) is 0 Å². The number of aliphatic hydroxyl groups is 2. The number of rotatable bonds is 7. The summed E-state index contributed by atoms with van der Waals surface area (Å²) < 4.78 is 22.5. The molecular formula is C26H31ClFN5O4. The van der Waals surface area contributed by atoms with Gasteiger partial charge in [0.25, 0.3) is 5.91 Å². The van der Waals surface area contributed by atoms with Crippen molar-refractivity contribution in [1.82, 2.24) is 19.3 Å². The average Bonchev–Trinajstić information content (AvgIpc) is 3.58. The fraction of sp³-hybridized carbons (Fsp3) is 0.500. The summed E-state index contributed by atoms with van der Waals surface area (Å²) in [5, 5.41) is 27.9. The molecule has 2 aliphatic rings. The van der Waals surface area contributed by atoms with Crippen molar-refractivity contribution in [1.29, 1.82) is 0 Å². The summed E-state index contributed by atoms with van der Waals surface area (Å²) >= 11 is 5.86. The number of nitrogens with one attached hydrogen (secondary N) is 1. The van der Waals surface area contributed by atoms with Gasteiger partial charge in [-0.2, -0.15) is 0 Å². The van der Waals surface area contributed by atoms with E-state index in [0.717, 1.165) is 18.5 Å². The number of amides is 1. The first kappa shape index (κ1) is 25.7. The van der Waals surface area contributed by atoms with E-state index in [9.17, 15) is 19.4 Å². The van der Waals surface area contributed by atoms with Crippen LogP contribution in [0.2, 0.25) is 5.02 Å². The second kappa shape index (κ2) is 9.74. The Balaban J connectivity index is 1.29. The first-order valence-corrected chi connectivity index (χ1v) is 12.8. The number of fused-ring (bicyclic) bond motifs is 1. The zero-order valence-electron chi connectivity index (χ0n) is 21.0. The molecule has 5 rings (SSSR count). The molecule has 2 fully saturated rings. The minimum atomic E-state index is -1.02. The van der Waals surface area contributed by atoms with Crippen LogP contribution in [0.4, 0.5) is 10.1 Å². The summed E-state index contributed by atoms with van der Waals surface area (Å²) in [5.74, 6) is 0.153. The highest BCUT2D eigenvalue weighted by Gasteiger charge is 2.51. The van der Waals surface area contributed by atoms with Gasteiger partial charge in [-0.3, -0.25) is 9.48 Å². The van der Waals surface area contributed by atoms with Gasteiger partial charge in [0.1, 0.15) is 23.2 Å². The Morgan fingerprint density at radius 2 is 2.00 bits per heavy atom. The third-order valence-corrected chi connectivity index (χ3v) is 7.99. The Kier molecular flexibility index (Phi) is 6.76. The molecule has 2 saturated carbocycles. The van der Waals surface area contributed by atoms with Crippen LogP contribution in [-0.2, 0) is 19.7 Å². The molecule has 198 valence electrons. The van der Waals surface area contributed by atoms with E-state index in [-0.39, 0.29) is 41.4 Å². The summed E-state index contributed by atoms with van der Waals surface area (Å²) in [6, 6.07) is 5.82. The third-order valence-electron chi connectivity index (χ3n) is 7.70. The number of aliphatic hydroxyl groups excluding tert-OH is 1. The van der Waals surface area contributed by atoms with E-state index in [4.69, 9.17) is 16.3 Å². The van der Waals surface area contributed by atoms with Crippen LogP contribution in [0.3, 0.4) is 0 Å². The third kappa shape index (κ3) is 4.85. The van der Waals surface area contributed by atoms with Gasteiger partial charge < -0.3 is 24.8 Å². The highest BCUT2D eigenvalue weighted by molar-refractivity contribution is 6.31. The smallest absolute Gasteiger partial charge is 0.274 e. The Morgan fingerprint density at radius 1 is 1.30 bits per heavy atom. The lowest BCUT2D eigenvalue weighted by atomic mass is 9.90. The molecule has 2 aliphatic carbocycles. The predicted octanol–water partition coefficient (Wildman–Crippen LogP) is 3.75. The van der Waals surface area contributed by atoms with Crippen LogP contribution < -0.4 is 10.1 Å². The van der Waals surface area contributed by atoms with E-state index in [0.29, 0.717) is 35.8 Å². The molecule has 0 radical (unpaired) electrons. The molecular weight excluding hydrogens is 501 g/mol. The first-order chi connectivity index (χ1) is 17.6. The Morgan fingerprint density at radius 3 is 2.65 bits per heavy atom. The number of nitrogens with zero attached hydrogens (tertiary/aromatic N) is 4. The lowest BCUT2D eigenvalue weighted by Gasteiger charge is -2.24. The van der Waals surface area contributed by atoms with Crippen LogP contribution in [0.5, 0.6) is 5.88 Å². The van der Waals surface area contributed by atoms with Gasteiger partial charge >= 0.3 is 0 Å². The standard InChI is InChI=1S/C26H31ClFN5O4/c1-14(12-34)37-22-9-21(33(3)31-22)26(36)10-16-6-15(7-17(16)11-26)23-24(32(2)13-29-23)25(35)30-18-4-5-20(28)19(27)8-18/h4-5,8-9,13-17,34,36H,6-7,10-12H2,1-3H3,(H,30,35). The molecule has 11 heteroatoms. The molecule has 3 aromatic rings. The number of benzene rings is 1. The summed E-state index contributed by atoms with van der Waals surface area (Å²) in [5.41, 5.74) is 1.30. The van der Waals surface area contributed by atoms with Gasteiger partial charge in [0.2, 0.25) is 5.88 Å². The van der Waals surface area contributed by atoms with Gasteiger partial charge in [-0.25, -0.2) is 9.37 Å². The summed E-state index contributed by atoms with van der Waals surface area (Å²) in [7, 11) is 3.56. The number of carbonyl (C=O) groups is 1. The SMILES string of the molecule is CC(CO)Oc1cc(C2(O)CC3CC(c4ncn(C)c4C(=O)Nc4ccc(F)c(Cl)c4)CC3C2)n(C)n1. The number of anilines is 1. The second-order valence-electron chi connectivity index (χ2n) is 10.4. The highest BCUT2D eigenvalue weighted by Crippen LogP contribution is 2.57. The quantitative estimate of drug-likeness (QED) is 0.428. The number of aryl methyl sites for hydroxylation is 2. The van der Waals surface area contributed by atoms with E-state index in [1.54, 1.807) is 42.7 Å². The van der Waals surface area contributed by atoms with E-state index in [1.165, 1.54) is 18.2 Å². The number of hydrogen-bond acceptors (Lipinski definition) is 6. The lowest BCUT2D eigenvalue weighted by Crippen LogP contribution is -2.26. The minimum absolute atomic E-state index is 0.0610. The summed E-state index contributed by atoms with van der Waals surface area (Å²) in [4.78, 5) is 17.7. The number of halogens is 2. The zero-order valence-corrected chi connectivity index (χ0v) is 21.7. The molecule has 3 atom stereocenters. The molecule has 1 aromatic carbocycles. The summed E-state index contributed by atoms with van der Waals surface area (Å²) in [6.07, 6.45) is 4.06. The van der Waals surface area contributed by atoms with Crippen molar-refractivity contribution in [3.8, 4) is 5.88 Å². The maximum atomic E-state index is 13.5. The molecule has 2 heterocycles. The van der Waals surface area contributed by atoms with Crippen LogP contribution >= 0.6 is 11.6 Å². The molecule has 0 bridgehead atoms. The van der Waals surface area contributed by atoms with Crippen LogP contribution in [-0.4, -0.2) is 48.2 Å². The average molecular weight is 532 g/mol. The van der Waals surface area contributed by atoms with Crippen molar-refractivity contribution in [2.45, 2.75) is 50.2 Å². The molecule has 1 amide bonds. The van der Waals surface area contributed by atoms with Gasteiger partial charge in [-0.15, -0.1) is 5.10 Å². The van der Waals surface area contributed by atoms with Crippen molar-refractivity contribution in [2.75, 3.05) is 11.9 Å². The first-order valence-electron chi connectivity index (χ1n) is 12.4. The van der Waals surface area contributed by atoms with E-state index in [1.807, 2.05) is 0 Å². The van der Waals surface area contributed by atoms with Gasteiger partial charge in [-0.1, -0.05) is 11.6 Å². The number of imidazole rings is 1. The highest BCUT2D eigenvalue weighted by atomic mass is 35.5. The van der Waals surface area contributed by atoms with Crippen LogP contribution in [0.1, 0.15) is 60.4 Å². The van der Waals surface area contributed by atoms with Gasteiger partial charge in [-0.05, 0) is 62.6 Å². The molecule has 3 unspecified atom stereocenters. The Hall–Kier alpha value is -2.95. The maximum absolute atomic E-state index is 13.5. The number of carbonyl (C=O) groups excluding carboxylic acids is 1.